The second-order valence-corrected chi connectivity index (χ2v) is 6.01. The van der Waals surface area contributed by atoms with Crippen LogP contribution in [0.15, 0.2) is 29.2 Å². The van der Waals surface area contributed by atoms with Crippen LogP contribution in [0, 0.1) is 0 Å². The van der Waals surface area contributed by atoms with Gasteiger partial charge in [0.25, 0.3) is 0 Å². The number of carbonyl (C=O) groups is 1. The Balaban J connectivity index is 2.25. The van der Waals surface area contributed by atoms with Gasteiger partial charge in [0, 0.05) is 23.9 Å². The highest BCUT2D eigenvalue weighted by Gasteiger charge is 2.26. The number of carboxylic acid groups (broad SMARTS) is 1. The third-order valence-corrected chi connectivity index (χ3v) is 4.60. The number of ether oxygens (including phenoxy) is 2. The van der Waals surface area contributed by atoms with Crippen molar-refractivity contribution < 1.29 is 19.4 Å². The van der Waals surface area contributed by atoms with Crippen molar-refractivity contribution >= 4 is 5.97 Å². The van der Waals surface area contributed by atoms with Crippen molar-refractivity contribution in [1.29, 1.82) is 0 Å². The van der Waals surface area contributed by atoms with Crippen molar-refractivity contribution in [2.45, 2.75) is 32.7 Å². The van der Waals surface area contributed by atoms with Crippen LogP contribution in [-0.2, 0) is 6.42 Å². The standard InChI is InChI=1S/C19H21NO5/c1-4-12-6-11-7-18(25-5-2)17(24-3)8-13(11)15-9-16(21)14(19(22)23)10-20(12)15/h7-10,12H,4-6H2,1-3H3,(H,22,23)/t12-/m1/s1. The van der Waals surface area contributed by atoms with E-state index in [1.165, 1.54) is 12.3 Å². The second kappa shape index (κ2) is 6.63. The zero-order chi connectivity index (χ0) is 18.1. The maximum atomic E-state index is 12.2. The highest BCUT2D eigenvalue weighted by Crippen LogP contribution is 2.41. The molecular formula is C19H21NO5. The molecule has 1 aromatic heterocycles. The first-order chi connectivity index (χ1) is 12.0. The van der Waals surface area contributed by atoms with Gasteiger partial charge in [0.15, 0.2) is 16.9 Å². The van der Waals surface area contributed by atoms with Crippen LogP contribution < -0.4 is 14.9 Å². The molecule has 1 aromatic carbocycles. The van der Waals surface area contributed by atoms with E-state index in [0.29, 0.717) is 23.8 Å². The van der Waals surface area contributed by atoms with Gasteiger partial charge in [-0.05, 0) is 37.5 Å². The summed E-state index contributed by atoms with van der Waals surface area (Å²) in [7, 11) is 1.57. The number of methoxy groups -OCH3 is 1. The van der Waals surface area contributed by atoms with Crippen LogP contribution in [0.1, 0.15) is 42.2 Å². The van der Waals surface area contributed by atoms with Crippen molar-refractivity contribution in [3.8, 4) is 22.8 Å². The lowest BCUT2D eigenvalue weighted by atomic mass is 9.90. The van der Waals surface area contributed by atoms with Crippen LogP contribution in [0.3, 0.4) is 0 Å². The van der Waals surface area contributed by atoms with E-state index < -0.39 is 11.4 Å². The van der Waals surface area contributed by atoms with Gasteiger partial charge in [-0.3, -0.25) is 4.79 Å². The number of aromatic carboxylic acids is 1. The molecule has 0 unspecified atom stereocenters. The fourth-order valence-corrected chi connectivity index (χ4v) is 3.36. The molecule has 0 radical (unpaired) electrons. The number of hydrogen-bond acceptors (Lipinski definition) is 4. The monoisotopic (exact) mass is 343 g/mol. The Hall–Kier alpha value is -2.76. The number of nitrogens with zero attached hydrogens (tertiary/aromatic N) is 1. The van der Waals surface area contributed by atoms with Gasteiger partial charge in [-0.1, -0.05) is 6.92 Å². The molecule has 2 heterocycles. The zero-order valence-corrected chi connectivity index (χ0v) is 14.5. The number of fused-ring (bicyclic) bond motifs is 3. The minimum Gasteiger partial charge on any atom is -0.493 e. The van der Waals surface area contributed by atoms with Crippen molar-refractivity contribution in [2.75, 3.05) is 13.7 Å². The fraction of sp³-hybridized carbons (Fsp3) is 0.368. The third-order valence-electron chi connectivity index (χ3n) is 4.60. The predicted molar refractivity (Wildman–Crippen MR) is 93.9 cm³/mol. The number of carboxylic acids is 1. The third kappa shape index (κ3) is 2.88. The SMILES string of the molecule is CCOc1cc2c(cc1OC)-c1cc(=O)c(C(=O)O)cn1[C@H](CC)C2. The van der Waals surface area contributed by atoms with E-state index >= 15 is 0 Å². The largest absolute Gasteiger partial charge is 0.493 e. The molecule has 0 fully saturated rings. The molecule has 1 N–H and O–H groups in total. The highest BCUT2D eigenvalue weighted by molar-refractivity contribution is 5.87. The van der Waals surface area contributed by atoms with Crippen molar-refractivity contribution in [3.05, 3.63) is 45.7 Å². The molecule has 0 spiro atoms. The maximum Gasteiger partial charge on any atom is 0.341 e. The Bertz CT molecular complexity index is 884. The van der Waals surface area contributed by atoms with Crippen molar-refractivity contribution in [3.63, 3.8) is 0 Å². The summed E-state index contributed by atoms with van der Waals surface area (Å²) in [4.78, 5) is 23.5. The van der Waals surface area contributed by atoms with Crippen LogP contribution in [0.4, 0.5) is 0 Å². The lowest BCUT2D eigenvalue weighted by Crippen LogP contribution is -2.25. The molecule has 2 aromatic rings. The Labute approximate surface area is 145 Å². The van der Waals surface area contributed by atoms with Gasteiger partial charge in [-0.15, -0.1) is 0 Å². The van der Waals surface area contributed by atoms with Gasteiger partial charge in [-0.25, -0.2) is 4.79 Å². The van der Waals surface area contributed by atoms with Gasteiger partial charge in [-0.2, -0.15) is 0 Å². The molecule has 1 atom stereocenters. The van der Waals surface area contributed by atoms with E-state index in [2.05, 4.69) is 0 Å². The first kappa shape index (κ1) is 17.1. The van der Waals surface area contributed by atoms with Crippen LogP contribution in [0.2, 0.25) is 0 Å². The Morgan fingerprint density at radius 1 is 1.28 bits per heavy atom. The molecule has 3 rings (SSSR count). The van der Waals surface area contributed by atoms with E-state index in [1.807, 2.05) is 30.5 Å². The van der Waals surface area contributed by atoms with E-state index in [0.717, 1.165) is 24.0 Å². The molecule has 0 bridgehead atoms. The number of pyridine rings is 1. The van der Waals surface area contributed by atoms with Crippen LogP contribution in [0.5, 0.6) is 11.5 Å². The van der Waals surface area contributed by atoms with E-state index in [1.54, 1.807) is 7.11 Å². The summed E-state index contributed by atoms with van der Waals surface area (Å²) >= 11 is 0. The number of benzene rings is 1. The molecule has 0 saturated heterocycles. The van der Waals surface area contributed by atoms with E-state index in [-0.39, 0.29) is 11.6 Å². The lowest BCUT2D eigenvalue weighted by Gasteiger charge is -2.31. The van der Waals surface area contributed by atoms with Crippen molar-refractivity contribution in [2.24, 2.45) is 0 Å². The molecule has 1 aliphatic heterocycles. The van der Waals surface area contributed by atoms with Gasteiger partial charge in [0.05, 0.1) is 19.4 Å². The van der Waals surface area contributed by atoms with E-state index in [4.69, 9.17) is 9.47 Å². The highest BCUT2D eigenvalue weighted by atomic mass is 16.5. The minimum atomic E-state index is -1.20. The van der Waals surface area contributed by atoms with Gasteiger partial charge in [0.1, 0.15) is 5.56 Å². The number of aromatic nitrogens is 1. The molecule has 0 saturated carbocycles. The van der Waals surface area contributed by atoms with Gasteiger partial charge >= 0.3 is 5.97 Å². The molecule has 1 aliphatic rings. The number of hydrogen-bond donors (Lipinski definition) is 1. The summed E-state index contributed by atoms with van der Waals surface area (Å²) < 4.78 is 13.0. The zero-order valence-electron chi connectivity index (χ0n) is 14.5. The fourth-order valence-electron chi connectivity index (χ4n) is 3.36. The summed E-state index contributed by atoms with van der Waals surface area (Å²) in [6, 6.07) is 5.31. The Morgan fingerprint density at radius 3 is 2.64 bits per heavy atom. The smallest absolute Gasteiger partial charge is 0.341 e. The summed E-state index contributed by atoms with van der Waals surface area (Å²) in [5, 5.41) is 9.25. The molecule has 132 valence electrons. The van der Waals surface area contributed by atoms with Crippen LogP contribution >= 0.6 is 0 Å². The first-order valence-electron chi connectivity index (χ1n) is 8.33. The second-order valence-electron chi connectivity index (χ2n) is 6.01. The molecular weight excluding hydrogens is 322 g/mol. The molecule has 0 amide bonds. The Morgan fingerprint density at radius 2 is 2.04 bits per heavy atom. The van der Waals surface area contributed by atoms with Gasteiger partial charge < -0.3 is 19.1 Å². The summed E-state index contributed by atoms with van der Waals surface area (Å²) in [6.45, 7) is 4.49. The summed E-state index contributed by atoms with van der Waals surface area (Å²) in [5.74, 6) is 0.0682. The Kier molecular flexibility index (Phi) is 4.53. The topological polar surface area (TPSA) is 77.8 Å². The summed E-state index contributed by atoms with van der Waals surface area (Å²) in [6.07, 6.45) is 3.02. The average Bonchev–Trinajstić information content (AvgIpc) is 2.60. The minimum absolute atomic E-state index is 0.0871. The number of rotatable bonds is 5. The quantitative estimate of drug-likeness (QED) is 0.902. The van der Waals surface area contributed by atoms with Crippen LogP contribution in [-0.4, -0.2) is 29.4 Å². The molecule has 6 nitrogen and oxygen atoms in total. The molecule has 0 aliphatic carbocycles. The normalized spacial score (nSPS) is 15.2. The lowest BCUT2D eigenvalue weighted by molar-refractivity contribution is 0.0694. The first-order valence-corrected chi connectivity index (χ1v) is 8.33. The van der Waals surface area contributed by atoms with Crippen molar-refractivity contribution in [1.82, 2.24) is 4.57 Å². The van der Waals surface area contributed by atoms with Gasteiger partial charge in [0.2, 0.25) is 0 Å². The predicted octanol–water partition coefficient (Wildman–Crippen LogP) is 3.13. The summed E-state index contributed by atoms with van der Waals surface area (Å²) in [5.41, 5.74) is 1.96. The maximum absolute atomic E-state index is 12.2. The average molecular weight is 343 g/mol. The van der Waals surface area contributed by atoms with Crippen LogP contribution in [0.25, 0.3) is 11.3 Å². The molecule has 6 heteroatoms. The molecule has 25 heavy (non-hydrogen) atoms. The van der Waals surface area contributed by atoms with E-state index in [9.17, 15) is 14.7 Å².